The van der Waals surface area contributed by atoms with E-state index in [-0.39, 0.29) is 24.0 Å². The maximum Gasteiger partial charge on any atom is 0.293 e. The number of para-hydroxylation sites is 1. The molecule has 0 bridgehead atoms. The third kappa shape index (κ3) is 4.01. The average molecular weight is 378 g/mol. The van der Waals surface area contributed by atoms with Crippen molar-refractivity contribution in [3.05, 3.63) is 71.8 Å². The maximum absolute atomic E-state index is 12.3. The van der Waals surface area contributed by atoms with Gasteiger partial charge >= 0.3 is 0 Å². The molecule has 2 amide bonds. The van der Waals surface area contributed by atoms with Crippen LogP contribution < -0.4 is 10.6 Å². The smallest absolute Gasteiger partial charge is 0.293 e. The van der Waals surface area contributed by atoms with Gasteiger partial charge in [0.25, 0.3) is 5.91 Å². The molecule has 4 rings (SSSR count). The zero-order valence-electron chi connectivity index (χ0n) is 14.0. The minimum absolute atomic E-state index is 0.0972. The molecule has 0 atom stereocenters. The first-order valence-corrected chi connectivity index (χ1v) is 8.99. The Balaban J connectivity index is 1.38. The normalized spacial score (nSPS) is 10.7. The van der Waals surface area contributed by atoms with Gasteiger partial charge in [-0.25, -0.2) is 4.98 Å². The van der Waals surface area contributed by atoms with Crippen molar-refractivity contribution in [3.8, 4) is 0 Å². The summed E-state index contributed by atoms with van der Waals surface area (Å²) >= 11 is 1.25. The summed E-state index contributed by atoms with van der Waals surface area (Å²) in [6.07, 6.45) is 3.14. The van der Waals surface area contributed by atoms with E-state index in [1.165, 1.54) is 17.6 Å². The van der Waals surface area contributed by atoms with Gasteiger partial charge in [-0.15, -0.1) is 11.3 Å². The van der Waals surface area contributed by atoms with E-state index in [1.54, 1.807) is 23.7 Å². The highest BCUT2D eigenvalue weighted by atomic mass is 32.1. The molecule has 0 aliphatic heterocycles. The number of anilines is 2. The lowest BCUT2D eigenvalue weighted by Crippen LogP contribution is -2.15. The van der Waals surface area contributed by atoms with Crippen LogP contribution in [0.2, 0.25) is 0 Å². The van der Waals surface area contributed by atoms with Crippen molar-refractivity contribution < 1.29 is 14.0 Å². The molecule has 4 aromatic rings. The zero-order valence-corrected chi connectivity index (χ0v) is 14.8. The molecule has 0 radical (unpaired) electrons. The third-order valence-electron chi connectivity index (χ3n) is 3.73. The Kier molecular flexibility index (Phi) is 4.63. The van der Waals surface area contributed by atoms with E-state index in [4.69, 9.17) is 4.42 Å². The third-order valence-corrected chi connectivity index (χ3v) is 4.54. The van der Waals surface area contributed by atoms with Crippen molar-refractivity contribution in [1.82, 2.24) is 9.97 Å². The summed E-state index contributed by atoms with van der Waals surface area (Å²) in [6, 6.07) is 12.8. The van der Waals surface area contributed by atoms with Crippen LogP contribution in [0.25, 0.3) is 10.9 Å². The topological polar surface area (TPSA) is 97.1 Å². The van der Waals surface area contributed by atoms with Gasteiger partial charge in [-0.1, -0.05) is 18.2 Å². The Bertz CT molecular complexity index is 1110. The fourth-order valence-electron chi connectivity index (χ4n) is 2.52. The summed E-state index contributed by atoms with van der Waals surface area (Å²) in [5, 5.41) is 8.55. The number of pyridine rings is 1. The molecule has 1 aromatic carbocycles. The summed E-state index contributed by atoms with van der Waals surface area (Å²) in [5.74, 6) is -0.387. The van der Waals surface area contributed by atoms with Crippen molar-refractivity contribution in [1.29, 1.82) is 0 Å². The summed E-state index contributed by atoms with van der Waals surface area (Å²) < 4.78 is 5.03. The zero-order chi connectivity index (χ0) is 18.6. The number of benzene rings is 1. The Labute approximate surface area is 158 Å². The number of carbonyl (C=O) groups excluding carboxylic acids is 2. The fraction of sp³-hybridized carbons (Fsp3) is 0.0526. The molecule has 0 saturated carbocycles. The van der Waals surface area contributed by atoms with Gasteiger partial charge in [0, 0.05) is 10.8 Å². The Hall–Kier alpha value is -3.52. The van der Waals surface area contributed by atoms with Crippen molar-refractivity contribution in [2.75, 3.05) is 10.6 Å². The van der Waals surface area contributed by atoms with Gasteiger partial charge in [0.05, 0.1) is 35.8 Å². The highest BCUT2D eigenvalue weighted by molar-refractivity contribution is 7.14. The van der Waals surface area contributed by atoms with Crippen LogP contribution >= 0.6 is 11.3 Å². The lowest BCUT2D eigenvalue weighted by atomic mass is 10.2. The van der Waals surface area contributed by atoms with Crippen molar-refractivity contribution in [2.45, 2.75) is 6.42 Å². The number of carbonyl (C=O) groups is 2. The predicted octanol–water partition coefficient (Wildman–Crippen LogP) is 3.72. The van der Waals surface area contributed by atoms with Gasteiger partial charge in [-0.2, -0.15) is 0 Å². The molecule has 2 N–H and O–H groups in total. The van der Waals surface area contributed by atoms with E-state index in [1.807, 2.05) is 30.3 Å². The molecule has 0 spiro atoms. The molecule has 3 aromatic heterocycles. The monoisotopic (exact) mass is 378 g/mol. The van der Waals surface area contributed by atoms with Gasteiger partial charge in [0.1, 0.15) is 0 Å². The maximum atomic E-state index is 12.3. The van der Waals surface area contributed by atoms with Crippen LogP contribution in [0.15, 0.2) is 64.7 Å². The highest BCUT2D eigenvalue weighted by Gasteiger charge is 2.13. The van der Waals surface area contributed by atoms with Crippen LogP contribution in [-0.2, 0) is 11.2 Å². The van der Waals surface area contributed by atoms with Gasteiger partial charge < -0.3 is 9.73 Å². The van der Waals surface area contributed by atoms with E-state index in [0.717, 1.165) is 10.9 Å². The number of hydrogen-bond acceptors (Lipinski definition) is 6. The molecule has 0 fully saturated rings. The molecular weight excluding hydrogens is 364 g/mol. The SMILES string of the molecule is O=C(Cc1csc(NC(=O)c2ccco2)n1)Nc1cnc2ccccc2c1. The van der Waals surface area contributed by atoms with Crippen molar-refractivity contribution in [3.63, 3.8) is 0 Å². The standard InChI is InChI=1S/C19H14N4O3S/c24-17(21-13-8-12-4-1-2-5-15(12)20-10-13)9-14-11-27-19(22-14)23-18(25)16-6-3-7-26-16/h1-8,10-11H,9H2,(H,21,24)(H,22,23,25). The summed E-state index contributed by atoms with van der Waals surface area (Å²) in [5.41, 5.74) is 2.06. The summed E-state index contributed by atoms with van der Waals surface area (Å²) in [7, 11) is 0. The molecule has 0 unspecified atom stereocenters. The first-order chi connectivity index (χ1) is 13.2. The van der Waals surface area contributed by atoms with Gasteiger partial charge in [-0.05, 0) is 24.3 Å². The first kappa shape index (κ1) is 16.9. The van der Waals surface area contributed by atoms with Crippen molar-refractivity contribution >= 4 is 44.9 Å². The van der Waals surface area contributed by atoms with E-state index in [2.05, 4.69) is 20.6 Å². The number of furan rings is 1. The molecule has 0 aliphatic rings. The molecule has 7 nitrogen and oxygen atoms in total. The van der Waals surface area contributed by atoms with E-state index < -0.39 is 0 Å². The van der Waals surface area contributed by atoms with Gasteiger partial charge in [-0.3, -0.25) is 19.9 Å². The van der Waals surface area contributed by atoms with Crippen LogP contribution in [0.5, 0.6) is 0 Å². The number of hydrogen-bond donors (Lipinski definition) is 2. The molecular formula is C19H14N4O3S. The number of aromatic nitrogens is 2. The largest absolute Gasteiger partial charge is 0.459 e. The number of nitrogens with one attached hydrogen (secondary N) is 2. The molecule has 8 heteroatoms. The fourth-order valence-corrected chi connectivity index (χ4v) is 3.23. The van der Waals surface area contributed by atoms with E-state index in [0.29, 0.717) is 16.5 Å². The van der Waals surface area contributed by atoms with E-state index in [9.17, 15) is 9.59 Å². The second-order valence-electron chi connectivity index (χ2n) is 5.72. The van der Waals surface area contributed by atoms with E-state index >= 15 is 0 Å². The second kappa shape index (κ2) is 7.38. The lowest BCUT2D eigenvalue weighted by molar-refractivity contribution is -0.115. The van der Waals surface area contributed by atoms with Crippen LogP contribution in [0.1, 0.15) is 16.2 Å². The Morgan fingerprint density at radius 2 is 2.00 bits per heavy atom. The number of nitrogens with zero attached hydrogens (tertiary/aromatic N) is 2. The summed E-state index contributed by atoms with van der Waals surface area (Å²) in [4.78, 5) is 32.8. The molecule has 0 saturated heterocycles. The molecule has 134 valence electrons. The number of amides is 2. The average Bonchev–Trinajstić information content (AvgIpc) is 3.34. The number of fused-ring (bicyclic) bond motifs is 1. The second-order valence-corrected chi connectivity index (χ2v) is 6.58. The van der Waals surface area contributed by atoms with Gasteiger partial charge in [0.2, 0.25) is 5.91 Å². The Morgan fingerprint density at radius 3 is 2.85 bits per heavy atom. The van der Waals surface area contributed by atoms with Gasteiger partial charge in [0.15, 0.2) is 10.9 Å². The Morgan fingerprint density at radius 1 is 1.11 bits per heavy atom. The van der Waals surface area contributed by atoms with Crippen LogP contribution in [-0.4, -0.2) is 21.8 Å². The quantitative estimate of drug-likeness (QED) is 0.552. The number of rotatable bonds is 5. The van der Waals surface area contributed by atoms with Crippen LogP contribution in [0.4, 0.5) is 10.8 Å². The molecule has 3 heterocycles. The predicted molar refractivity (Wildman–Crippen MR) is 103 cm³/mol. The highest BCUT2D eigenvalue weighted by Crippen LogP contribution is 2.19. The van der Waals surface area contributed by atoms with Crippen molar-refractivity contribution in [2.24, 2.45) is 0 Å². The summed E-state index contributed by atoms with van der Waals surface area (Å²) in [6.45, 7) is 0. The first-order valence-electron chi connectivity index (χ1n) is 8.11. The number of thiazole rings is 1. The molecule has 0 aliphatic carbocycles. The lowest BCUT2D eigenvalue weighted by Gasteiger charge is -2.05. The molecule has 27 heavy (non-hydrogen) atoms. The van der Waals surface area contributed by atoms with Crippen LogP contribution in [0.3, 0.4) is 0 Å². The minimum atomic E-state index is -0.382. The van der Waals surface area contributed by atoms with Crippen LogP contribution in [0, 0.1) is 0 Å². The minimum Gasteiger partial charge on any atom is -0.459 e.